The largest absolute Gasteiger partial charge is 0.481 e. The van der Waals surface area contributed by atoms with E-state index in [0.29, 0.717) is 12.1 Å². The molecule has 0 radical (unpaired) electrons. The van der Waals surface area contributed by atoms with Crippen LogP contribution in [0, 0.1) is 11.7 Å². The lowest BCUT2D eigenvalue weighted by Crippen LogP contribution is -2.38. The highest BCUT2D eigenvalue weighted by Crippen LogP contribution is 2.41. The zero-order chi connectivity index (χ0) is 15.0. The molecule has 5 nitrogen and oxygen atoms in total. The molecule has 2 aliphatic heterocycles. The first kappa shape index (κ1) is 14.0. The molecule has 1 aromatic rings. The fourth-order valence-electron chi connectivity index (χ4n) is 3.55. The van der Waals surface area contributed by atoms with Crippen molar-refractivity contribution >= 4 is 17.6 Å². The molecule has 0 saturated carbocycles. The molecule has 0 spiro atoms. The topological polar surface area (TPSA) is 69.6 Å². The molecule has 2 N–H and O–H groups in total. The second-order valence-electron chi connectivity index (χ2n) is 5.71. The van der Waals surface area contributed by atoms with Crippen molar-refractivity contribution in [3.05, 3.63) is 30.1 Å². The van der Waals surface area contributed by atoms with E-state index in [1.54, 1.807) is 6.07 Å². The van der Waals surface area contributed by atoms with E-state index >= 15 is 0 Å². The summed E-state index contributed by atoms with van der Waals surface area (Å²) in [4.78, 5) is 25.2. The van der Waals surface area contributed by atoms with Crippen LogP contribution in [0.25, 0.3) is 0 Å². The Balaban J connectivity index is 1.62. The van der Waals surface area contributed by atoms with E-state index in [1.165, 1.54) is 18.2 Å². The van der Waals surface area contributed by atoms with Gasteiger partial charge in [0, 0.05) is 17.8 Å². The van der Waals surface area contributed by atoms with Crippen LogP contribution in [0.4, 0.5) is 10.1 Å². The van der Waals surface area contributed by atoms with Gasteiger partial charge in [0.25, 0.3) is 0 Å². The molecule has 2 aliphatic rings. The van der Waals surface area contributed by atoms with Gasteiger partial charge in [0.15, 0.2) is 0 Å². The number of hydrogen-bond donors (Lipinski definition) is 2. The molecule has 0 aromatic heterocycles. The number of benzene rings is 1. The zero-order valence-electron chi connectivity index (χ0n) is 11.5. The van der Waals surface area contributed by atoms with Crippen LogP contribution in [-0.4, -0.2) is 40.5 Å². The molecule has 3 atom stereocenters. The average molecular weight is 292 g/mol. The van der Waals surface area contributed by atoms with Crippen molar-refractivity contribution < 1.29 is 19.1 Å². The third-order valence-electron chi connectivity index (χ3n) is 4.43. The summed E-state index contributed by atoms with van der Waals surface area (Å²) < 4.78 is 13.1. The van der Waals surface area contributed by atoms with Crippen LogP contribution in [0.15, 0.2) is 24.3 Å². The minimum Gasteiger partial charge on any atom is -0.481 e. The summed E-state index contributed by atoms with van der Waals surface area (Å²) in [5, 5.41) is 11.8. The summed E-state index contributed by atoms with van der Waals surface area (Å²) in [6.07, 6.45) is 2.39. The van der Waals surface area contributed by atoms with Crippen molar-refractivity contribution in [2.75, 3.05) is 11.9 Å². The lowest BCUT2D eigenvalue weighted by atomic mass is 9.89. The Morgan fingerprint density at radius 2 is 2.19 bits per heavy atom. The Morgan fingerprint density at radius 1 is 1.38 bits per heavy atom. The third-order valence-corrected chi connectivity index (χ3v) is 4.43. The van der Waals surface area contributed by atoms with Crippen LogP contribution in [0.1, 0.15) is 19.3 Å². The van der Waals surface area contributed by atoms with Crippen LogP contribution >= 0.6 is 0 Å². The van der Waals surface area contributed by atoms with Gasteiger partial charge in [-0.25, -0.2) is 4.39 Å². The van der Waals surface area contributed by atoms with Gasteiger partial charge in [0.2, 0.25) is 5.91 Å². The highest BCUT2D eigenvalue weighted by molar-refractivity contribution is 5.92. The van der Waals surface area contributed by atoms with Gasteiger partial charge in [-0.2, -0.15) is 0 Å². The fourth-order valence-corrected chi connectivity index (χ4v) is 3.55. The number of hydrogen-bond acceptors (Lipinski definition) is 3. The van der Waals surface area contributed by atoms with Crippen LogP contribution in [-0.2, 0) is 9.59 Å². The van der Waals surface area contributed by atoms with E-state index in [-0.39, 0.29) is 30.5 Å². The second-order valence-corrected chi connectivity index (χ2v) is 5.71. The quantitative estimate of drug-likeness (QED) is 0.886. The van der Waals surface area contributed by atoms with Gasteiger partial charge in [0.1, 0.15) is 5.82 Å². The van der Waals surface area contributed by atoms with E-state index in [0.717, 1.165) is 12.8 Å². The summed E-state index contributed by atoms with van der Waals surface area (Å²) >= 11 is 0. The number of halogens is 1. The molecule has 6 heteroatoms. The van der Waals surface area contributed by atoms with Crippen LogP contribution in [0.2, 0.25) is 0 Å². The third kappa shape index (κ3) is 2.76. The average Bonchev–Trinajstić information content (AvgIpc) is 2.96. The molecular formula is C15H17FN2O3. The highest BCUT2D eigenvalue weighted by Gasteiger charge is 2.49. The molecule has 2 bridgehead atoms. The van der Waals surface area contributed by atoms with E-state index in [1.807, 2.05) is 4.90 Å². The van der Waals surface area contributed by atoms with E-state index < -0.39 is 11.8 Å². The normalized spacial score (nSPS) is 27.8. The number of anilines is 1. The SMILES string of the molecule is O=C(CN1C2CCC1C(C(=O)O)C2)Nc1cccc(F)c1. The fraction of sp³-hybridized carbons (Fsp3) is 0.467. The highest BCUT2D eigenvalue weighted by atomic mass is 19.1. The van der Waals surface area contributed by atoms with Gasteiger partial charge in [-0.3, -0.25) is 14.5 Å². The predicted octanol–water partition coefficient (Wildman–Crippen LogP) is 1.70. The number of nitrogens with zero attached hydrogens (tertiary/aromatic N) is 1. The van der Waals surface area contributed by atoms with Gasteiger partial charge in [0.05, 0.1) is 12.5 Å². The van der Waals surface area contributed by atoms with Crippen molar-refractivity contribution in [2.45, 2.75) is 31.3 Å². The van der Waals surface area contributed by atoms with Crippen molar-refractivity contribution in [1.29, 1.82) is 0 Å². The van der Waals surface area contributed by atoms with E-state index in [4.69, 9.17) is 0 Å². The molecule has 3 rings (SSSR count). The molecular weight excluding hydrogens is 275 g/mol. The number of carbonyl (C=O) groups excluding carboxylic acids is 1. The second kappa shape index (κ2) is 5.44. The lowest BCUT2D eigenvalue weighted by Gasteiger charge is -2.22. The maximum absolute atomic E-state index is 13.1. The van der Waals surface area contributed by atoms with Crippen LogP contribution < -0.4 is 5.32 Å². The van der Waals surface area contributed by atoms with Crippen LogP contribution in [0.5, 0.6) is 0 Å². The number of carboxylic acids is 1. The molecule has 1 aromatic carbocycles. The van der Waals surface area contributed by atoms with Gasteiger partial charge in [-0.15, -0.1) is 0 Å². The Kier molecular flexibility index (Phi) is 3.63. The van der Waals surface area contributed by atoms with Crippen LogP contribution in [0.3, 0.4) is 0 Å². The Hall–Kier alpha value is -1.95. The first-order chi connectivity index (χ1) is 10.0. The smallest absolute Gasteiger partial charge is 0.308 e. The van der Waals surface area contributed by atoms with E-state index in [9.17, 15) is 19.1 Å². The monoisotopic (exact) mass is 292 g/mol. The standard InChI is InChI=1S/C15H17FN2O3/c16-9-2-1-3-10(6-9)17-14(19)8-18-11-4-5-13(18)12(7-11)15(20)21/h1-3,6,11-13H,4-5,7-8H2,(H,17,19)(H,20,21). The number of rotatable bonds is 4. The van der Waals surface area contributed by atoms with E-state index in [2.05, 4.69) is 5.32 Å². The maximum Gasteiger partial charge on any atom is 0.308 e. The summed E-state index contributed by atoms with van der Waals surface area (Å²) in [5.74, 6) is -1.79. The molecule has 2 fully saturated rings. The lowest BCUT2D eigenvalue weighted by molar-refractivity contribution is -0.142. The van der Waals surface area contributed by atoms with Crippen molar-refractivity contribution in [2.24, 2.45) is 5.92 Å². The summed E-state index contributed by atoms with van der Waals surface area (Å²) in [5.41, 5.74) is 0.418. The number of aliphatic carboxylic acids is 1. The molecule has 112 valence electrons. The number of amides is 1. The summed E-state index contributed by atoms with van der Waals surface area (Å²) in [6, 6.07) is 5.86. The zero-order valence-corrected chi connectivity index (χ0v) is 11.5. The van der Waals surface area contributed by atoms with Gasteiger partial charge in [-0.1, -0.05) is 6.07 Å². The van der Waals surface area contributed by atoms with Crippen molar-refractivity contribution in [3.8, 4) is 0 Å². The first-order valence-corrected chi connectivity index (χ1v) is 7.08. The molecule has 21 heavy (non-hydrogen) atoms. The molecule has 0 aliphatic carbocycles. The summed E-state index contributed by atoms with van der Waals surface area (Å²) in [6.45, 7) is 0.162. The summed E-state index contributed by atoms with van der Waals surface area (Å²) in [7, 11) is 0. The predicted molar refractivity (Wildman–Crippen MR) is 74.3 cm³/mol. The number of carboxylic acid groups (broad SMARTS) is 1. The van der Waals surface area contributed by atoms with Gasteiger partial charge >= 0.3 is 5.97 Å². The molecule has 2 heterocycles. The number of nitrogens with one attached hydrogen (secondary N) is 1. The number of carbonyl (C=O) groups is 2. The Labute approximate surface area is 121 Å². The van der Waals surface area contributed by atoms with Gasteiger partial charge in [-0.05, 0) is 37.5 Å². The molecule has 2 saturated heterocycles. The Bertz CT molecular complexity index is 578. The minimum atomic E-state index is -0.780. The minimum absolute atomic E-state index is 0.0502. The Morgan fingerprint density at radius 3 is 2.86 bits per heavy atom. The van der Waals surface area contributed by atoms with Crippen molar-refractivity contribution in [1.82, 2.24) is 4.90 Å². The van der Waals surface area contributed by atoms with Crippen molar-refractivity contribution in [3.63, 3.8) is 0 Å². The van der Waals surface area contributed by atoms with Gasteiger partial charge < -0.3 is 10.4 Å². The first-order valence-electron chi connectivity index (χ1n) is 7.08. The maximum atomic E-state index is 13.1. The molecule has 1 amide bonds. The number of fused-ring (bicyclic) bond motifs is 2. The molecule has 3 unspecified atom stereocenters.